The van der Waals surface area contributed by atoms with Crippen LogP contribution in [0.3, 0.4) is 0 Å². The summed E-state index contributed by atoms with van der Waals surface area (Å²) in [7, 11) is 0. The number of nitrogens with one attached hydrogen (secondary N) is 3. The highest BCUT2D eigenvalue weighted by Crippen LogP contribution is 2.59. The standard InChI is InChI=1S/C31H31ClFN3O3/c1-17-6-5-9-22(26(17)33)25-27(29(38)34-20-11-13-21(37)14-12-20)36-28(18-7-3-2-4-8-18)31(25)23-15-10-19(32)16-24(23)35-30(31)39/h2-10,15-16,20-21,25,27-28,36-37H,11-14H2,1H3,(H,34,38)(H,35,39)/t20?,21?,25-,27+,28-,31-/m0/s1. The molecule has 39 heavy (non-hydrogen) atoms. The van der Waals surface area contributed by atoms with E-state index in [0.29, 0.717) is 53.1 Å². The van der Waals surface area contributed by atoms with E-state index in [4.69, 9.17) is 11.6 Å². The lowest BCUT2D eigenvalue weighted by Crippen LogP contribution is -2.49. The van der Waals surface area contributed by atoms with E-state index in [0.717, 1.165) is 5.56 Å². The van der Waals surface area contributed by atoms with Crippen LogP contribution in [0.1, 0.15) is 59.9 Å². The van der Waals surface area contributed by atoms with Gasteiger partial charge in [-0.15, -0.1) is 0 Å². The zero-order valence-corrected chi connectivity index (χ0v) is 22.3. The van der Waals surface area contributed by atoms with E-state index in [1.807, 2.05) is 36.4 Å². The summed E-state index contributed by atoms with van der Waals surface area (Å²) in [5.74, 6) is -1.86. The van der Waals surface area contributed by atoms with Gasteiger partial charge in [0.05, 0.1) is 18.2 Å². The summed E-state index contributed by atoms with van der Waals surface area (Å²) < 4.78 is 16.0. The monoisotopic (exact) mass is 547 g/mol. The molecule has 0 aromatic heterocycles. The highest BCUT2D eigenvalue weighted by molar-refractivity contribution is 6.31. The summed E-state index contributed by atoms with van der Waals surface area (Å²) in [5, 5.41) is 20.1. The smallest absolute Gasteiger partial charge is 0.238 e. The molecule has 1 aliphatic carbocycles. The van der Waals surface area contributed by atoms with E-state index < -0.39 is 29.2 Å². The summed E-state index contributed by atoms with van der Waals surface area (Å²) in [6, 6.07) is 18.3. The van der Waals surface area contributed by atoms with Gasteiger partial charge in [0.15, 0.2) is 0 Å². The third-order valence-electron chi connectivity index (χ3n) is 8.69. The van der Waals surface area contributed by atoms with Crippen molar-refractivity contribution < 1.29 is 19.1 Å². The zero-order chi connectivity index (χ0) is 27.3. The number of halogens is 2. The lowest BCUT2D eigenvalue weighted by Gasteiger charge is -2.36. The van der Waals surface area contributed by atoms with Crippen molar-refractivity contribution >= 4 is 29.1 Å². The van der Waals surface area contributed by atoms with E-state index in [2.05, 4.69) is 16.0 Å². The van der Waals surface area contributed by atoms with Gasteiger partial charge in [-0.3, -0.25) is 14.9 Å². The van der Waals surface area contributed by atoms with Crippen molar-refractivity contribution in [1.82, 2.24) is 10.6 Å². The maximum absolute atomic E-state index is 16.0. The van der Waals surface area contributed by atoms with Gasteiger partial charge >= 0.3 is 0 Å². The van der Waals surface area contributed by atoms with Crippen LogP contribution in [0.4, 0.5) is 10.1 Å². The predicted molar refractivity (Wildman–Crippen MR) is 148 cm³/mol. The predicted octanol–water partition coefficient (Wildman–Crippen LogP) is 4.89. The van der Waals surface area contributed by atoms with Gasteiger partial charge in [-0.25, -0.2) is 4.39 Å². The Kier molecular flexibility index (Phi) is 6.69. The van der Waals surface area contributed by atoms with Crippen LogP contribution < -0.4 is 16.0 Å². The molecule has 4 atom stereocenters. The Balaban J connectivity index is 1.54. The van der Waals surface area contributed by atoms with E-state index in [-0.39, 0.29) is 24.0 Å². The largest absolute Gasteiger partial charge is 0.393 e. The molecule has 0 bridgehead atoms. The summed E-state index contributed by atoms with van der Waals surface area (Å²) >= 11 is 6.31. The number of hydrogen-bond donors (Lipinski definition) is 4. The van der Waals surface area contributed by atoms with Crippen LogP contribution >= 0.6 is 11.6 Å². The van der Waals surface area contributed by atoms with Crippen molar-refractivity contribution in [3.8, 4) is 0 Å². The number of aliphatic hydroxyl groups excluding tert-OH is 1. The maximum Gasteiger partial charge on any atom is 0.238 e. The van der Waals surface area contributed by atoms with Gasteiger partial charge in [-0.2, -0.15) is 0 Å². The molecular formula is C31H31ClFN3O3. The topological polar surface area (TPSA) is 90.5 Å². The van der Waals surface area contributed by atoms with Gasteiger partial charge in [-0.1, -0.05) is 66.2 Å². The Morgan fingerprint density at radius 2 is 1.79 bits per heavy atom. The molecule has 2 amide bonds. The van der Waals surface area contributed by atoms with Crippen molar-refractivity contribution in [2.24, 2.45) is 0 Å². The number of carbonyl (C=O) groups excluding carboxylic acids is 2. The molecule has 1 saturated carbocycles. The zero-order valence-electron chi connectivity index (χ0n) is 21.6. The lowest BCUT2D eigenvalue weighted by atomic mass is 9.63. The molecule has 1 spiro atoms. The van der Waals surface area contributed by atoms with E-state index in [1.165, 1.54) is 0 Å². The molecule has 202 valence electrons. The molecular weight excluding hydrogens is 517 g/mol. The minimum absolute atomic E-state index is 0.0964. The molecule has 2 aliphatic heterocycles. The number of aliphatic hydroxyl groups is 1. The fraction of sp³-hybridized carbons (Fsp3) is 0.355. The minimum Gasteiger partial charge on any atom is -0.393 e. The van der Waals surface area contributed by atoms with Crippen LogP contribution in [0, 0.1) is 12.7 Å². The number of rotatable bonds is 4. The second-order valence-electron chi connectivity index (χ2n) is 11.0. The third-order valence-corrected chi connectivity index (χ3v) is 8.93. The minimum atomic E-state index is -1.32. The first-order valence-electron chi connectivity index (χ1n) is 13.5. The molecule has 2 fully saturated rings. The van der Waals surface area contributed by atoms with Gasteiger partial charge in [0, 0.05) is 22.7 Å². The quantitative estimate of drug-likeness (QED) is 0.374. The molecule has 3 aromatic rings. The van der Waals surface area contributed by atoms with Crippen molar-refractivity contribution in [3.05, 3.63) is 99.8 Å². The van der Waals surface area contributed by atoms with Crippen LogP contribution in [0.15, 0.2) is 66.7 Å². The molecule has 4 N–H and O–H groups in total. The number of aryl methyl sites for hydroxylation is 1. The first kappa shape index (κ1) is 26.0. The molecule has 8 heteroatoms. The number of hydrogen-bond acceptors (Lipinski definition) is 4. The first-order chi connectivity index (χ1) is 18.8. The molecule has 3 aliphatic rings. The lowest BCUT2D eigenvalue weighted by molar-refractivity contribution is -0.124. The molecule has 2 heterocycles. The van der Waals surface area contributed by atoms with Gasteiger partial charge in [0.25, 0.3) is 0 Å². The molecule has 6 rings (SSSR count). The Morgan fingerprint density at radius 1 is 1.05 bits per heavy atom. The van der Waals surface area contributed by atoms with Gasteiger partial charge in [0.1, 0.15) is 11.2 Å². The van der Waals surface area contributed by atoms with Crippen LogP contribution in [0.2, 0.25) is 5.02 Å². The van der Waals surface area contributed by atoms with Crippen LogP contribution in [-0.4, -0.2) is 35.1 Å². The molecule has 6 nitrogen and oxygen atoms in total. The number of carbonyl (C=O) groups is 2. The summed E-state index contributed by atoms with van der Waals surface area (Å²) in [4.78, 5) is 28.3. The Labute approximate surface area is 232 Å². The number of fused-ring (bicyclic) bond motifs is 2. The summed E-state index contributed by atoms with van der Waals surface area (Å²) in [6.07, 6.45) is 2.21. The number of benzene rings is 3. The molecule has 0 radical (unpaired) electrons. The van der Waals surface area contributed by atoms with Crippen LogP contribution in [-0.2, 0) is 15.0 Å². The van der Waals surface area contributed by atoms with E-state index in [9.17, 15) is 14.7 Å². The molecule has 3 aromatic carbocycles. The normalized spacial score (nSPS) is 29.7. The average molecular weight is 548 g/mol. The number of anilines is 1. The van der Waals surface area contributed by atoms with Crippen molar-refractivity contribution in [2.75, 3.05) is 5.32 Å². The molecule has 0 unspecified atom stereocenters. The highest BCUT2D eigenvalue weighted by atomic mass is 35.5. The second-order valence-corrected chi connectivity index (χ2v) is 11.4. The van der Waals surface area contributed by atoms with E-state index in [1.54, 1.807) is 37.3 Å². The Hall–Kier alpha value is -3.26. The maximum atomic E-state index is 16.0. The van der Waals surface area contributed by atoms with Crippen molar-refractivity contribution in [3.63, 3.8) is 0 Å². The SMILES string of the molecule is Cc1cccc([C@H]2[C@H](C(=O)NC3CCC(O)CC3)N[C@@H](c3ccccc3)[C@@]23C(=O)Nc2cc(Cl)ccc23)c1F. The Morgan fingerprint density at radius 3 is 2.54 bits per heavy atom. The Bertz CT molecular complexity index is 1430. The fourth-order valence-corrected chi connectivity index (χ4v) is 7.02. The highest BCUT2D eigenvalue weighted by Gasteiger charge is 2.66. The van der Waals surface area contributed by atoms with Crippen molar-refractivity contribution in [2.45, 2.75) is 68.2 Å². The van der Waals surface area contributed by atoms with Crippen molar-refractivity contribution in [1.29, 1.82) is 0 Å². The molecule has 1 saturated heterocycles. The first-order valence-corrected chi connectivity index (χ1v) is 13.8. The van der Waals surface area contributed by atoms with Crippen LogP contribution in [0.5, 0.6) is 0 Å². The second kappa shape index (κ2) is 10.0. The average Bonchev–Trinajstić information content (AvgIpc) is 3.42. The van der Waals surface area contributed by atoms with Gasteiger partial charge in [0.2, 0.25) is 11.8 Å². The van der Waals surface area contributed by atoms with Crippen LogP contribution in [0.25, 0.3) is 0 Å². The fourth-order valence-electron chi connectivity index (χ4n) is 6.85. The number of amides is 2. The van der Waals surface area contributed by atoms with E-state index >= 15 is 4.39 Å². The summed E-state index contributed by atoms with van der Waals surface area (Å²) in [6.45, 7) is 1.69. The van der Waals surface area contributed by atoms with Gasteiger partial charge < -0.3 is 15.7 Å². The van der Waals surface area contributed by atoms with Gasteiger partial charge in [-0.05, 0) is 67.0 Å². The third kappa shape index (κ3) is 4.24. The summed E-state index contributed by atoms with van der Waals surface area (Å²) in [5.41, 5.74) is 1.51.